The van der Waals surface area contributed by atoms with Crippen LogP contribution < -0.4 is 16.0 Å². The molecule has 2 rings (SSSR count). The number of nitrogens with zero attached hydrogens (tertiary/aromatic N) is 2. The molecule has 0 aromatic rings. The second-order valence-corrected chi connectivity index (χ2v) is 8.90. The van der Waals surface area contributed by atoms with Gasteiger partial charge in [-0.2, -0.15) is 17.5 Å². The summed E-state index contributed by atoms with van der Waals surface area (Å²) in [5.41, 5.74) is -5.27. The fourth-order valence-electron chi connectivity index (χ4n) is 2.86. The molecule has 2 aliphatic rings. The van der Waals surface area contributed by atoms with Crippen LogP contribution in [0.2, 0.25) is 0 Å². The summed E-state index contributed by atoms with van der Waals surface area (Å²) < 4.78 is 61.3. The summed E-state index contributed by atoms with van der Waals surface area (Å²) in [7, 11) is -5.27. The van der Waals surface area contributed by atoms with Crippen LogP contribution in [0, 0.1) is 0 Å². The van der Waals surface area contributed by atoms with Crippen molar-refractivity contribution in [3.63, 3.8) is 0 Å². The van der Waals surface area contributed by atoms with Gasteiger partial charge in [-0.1, -0.05) is 0 Å². The predicted octanol–water partition coefficient (Wildman–Crippen LogP) is 0.914. The number of carbonyl (C=O) groups excluding carboxylic acids is 1. The average Bonchev–Trinajstić information content (AvgIpc) is 3.42. The van der Waals surface area contributed by atoms with Gasteiger partial charge in [-0.25, -0.2) is 8.42 Å². The first-order chi connectivity index (χ1) is 13.1. The third-order valence-corrected chi connectivity index (χ3v) is 6.18. The molecule has 0 aromatic carbocycles. The van der Waals surface area contributed by atoms with Gasteiger partial charge in [0.2, 0.25) is 5.91 Å². The lowest BCUT2D eigenvalue weighted by atomic mass is 10.1. The Morgan fingerprint density at radius 3 is 2.25 bits per heavy atom. The van der Waals surface area contributed by atoms with E-state index in [1.807, 2.05) is 6.92 Å². The first-order valence-electron chi connectivity index (χ1n) is 9.54. The molecular formula is C16H28F3N5O3S. The standard InChI is InChI=1S/C16H28F3N5O3S/c1-2-20-15(21-9-3-4-14(25)22-12-5-6-12)23-13-7-10-24(11-8-13)28(26,27)16(17,18)19/h12-13H,2-11H2,1H3,(H,22,25)(H2,20,21,23). The molecule has 1 amide bonds. The van der Waals surface area contributed by atoms with Crippen molar-refractivity contribution in [1.29, 1.82) is 0 Å². The van der Waals surface area contributed by atoms with Crippen LogP contribution in [0.5, 0.6) is 0 Å². The highest BCUT2D eigenvalue weighted by Crippen LogP contribution is 2.28. The van der Waals surface area contributed by atoms with Crippen LogP contribution in [0.1, 0.15) is 45.4 Å². The number of halogens is 3. The van der Waals surface area contributed by atoms with Gasteiger partial charge in [0.15, 0.2) is 5.96 Å². The van der Waals surface area contributed by atoms with E-state index in [-0.39, 0.29) is 37.9 Å². The first kappa shape index (κ1) is 22.7. The van der Waals surface area contributed by atoms with Crippen molar-refractivity contribution in [2.24, 2.45) is 4.99 Å². The third-order valence-electron chi connectivity index (χ3n) is 4.55. The van der Waals surface area contributed by atoms with Crippen molar-refractivity contribution in [1.82, 2.24) is 20.3 Å². The molecule has 1 aliphatic carbocycles. The zero-order chi connectivity index (χ0) is 20.8. The molecule has 1 heterocycles. The van der Waals surface area contributed by atoms with Gasteiger partial charge >= 0.3 is 15.5 Å². The van der Waals surface area contributed by atoms with Gasteiger partial charge in [0.05, 0.1) is 0 Å². The minimum atomic E-state index is -5.27. The van der Waals surface area contributed by atoms with Gasteiger partial charge in [-0.15, -0.1) is 0 Å². The van der Waals surface area contributed by atoms with Crippen LogP contribution in [0.25, 0.3) is 0 Å². The van der Waals surface area contributed by atoms with Crippen LogP contribution in [-0.4, -0.2) is 68.4 Å². The van der Waals surface area contributed by atoms with Gasteiger partial charge in [0, 0.05) is 44.7 Å². The Labute approximate surface area is 163 Å². The van der Waals surface area contributed by atoms with Crippen LogP contribution in [0.4, 0.5) is 13.2 Å². The number of hydrogen-bond acceptors (Lipinski definition) is 4. The van der Waals surface area contributed by atoms with E-state index in [9.17, 15) is 26.4 Å². The number of alkyl halides is 3. The molecule has 12 heteroatoms. The number of hydrogen-bond donors (Lipinski definition) is 3. The topological polar surface area (TPSA) is 103 Å². The second kappa shape index (κ2) is 9.77. The van der Waals surface area contributed by atoms with E-state index in [1.165, 1.54) is 0 Å². The average molecular weight is 427 g/mol. The van der Waals surface area contributed by atoms with Crippen molar-refractivity contribution >= 4 is 21.9 Å². The summed E-state index contributed by atoms with van der Waals surface area (Å²) in [4.78, 5) is 16.0. The summed E-state index contributed by atoms with van der Waals surface area (Å²) in [6.45, 7) is 2.54. The molecule has 0 bridgehead atoms. The molecule has 1 saturated heterocycles. The minimum Gasteiger partial charge on any atom is -0.357 e. The fourth-order valence-corrected chi connectivity index (χ4v) is 3.84. The number of sulfonamides is 1. The van der Waals surface area contributed by atoms with Crippen LogP contribution in [0.15, 0.2) is 4.99 Å². The van der Waals surface area contributed by atoms with Gasteiger partial charge in [-0.3, -0.25) is 9.79 Å². The highest BCUT2D eigenvalue weighted by atomic mass is 32.2. The summed E-state index contributed by atoms with van der Waals surface area (Å²) >= 11 is 0. The molecule has 28 heavy (non-hydrogen) atoms. The number of guanidine groups is 1. The van der Waals surface area contributed by atoms with E-state index in [0.29, 0.717) is 42.2 Å². The molecule has 3 N–H and O–H groups in total. The molecular weight excluding hydrogens is 399 g/mol. The molecule has 8 nitrogen and oxygen atoms in total. The van der Waals surface area contributed by atoms with Crippen LogP contribution in [0.3, 0.4) is 0 Å². The maximum Gasteiger partial charge on any atom is 0.511 e. The summed E-state index contributed by atoms with van der Waals surface area (Å²) in [6, 6.07) is 0.165. The van der Waals surface area contributed by atoms with Crippen molar-refractivity contribution in [3.8, 4) is 0 Å². The number of amides is 1. The van der Waals surface area contributed by atoms with E-state index in [1.54, 1.807) is 0 Å². The Morgan fingerprint density at radius 2 is 1.71 bits per heavy atom. The van der Waals surface area contributed by atoms with E-state index in [2.05, 4.69) is 20.9 Å². The molecule has 0 aromatic heterocycles. The molecule has 0 unspecified atom stereocenters. The molecule has 1 aliphatic heterocycles. The number of carbonyl (C=O) groups is 1. The number of nitrogens with one attached hydrogen (secondary N) is 3. The Kier molecular flexibility index (Phi) is 7.93. The second-order valence-electron chi connectivity index (χ2n) is 6.97. The third kappa shape index (κ3) is 6.80. The fraction of sp³-hybridized carbons (Fsp3) is 0.875. The summed E-state index contributed by atoms with van der Waals surface area (Å²) in [5.74, 6) is 0.538. The highest BCUT2D eigenvalue weighted by Gasteiger charge is 2.50. The first-order valence-corrected chi connectivity index (χ1v) is 11.0. The Bertz CT molecular complexity index is 657. The minimum absolute atomic E-state index is 0.0221. The maximum absolute atomic E-state index is 12.6. The summed E-state index contributed by atoms with van der Waals surface area (Å²) in [5, 5.41) is 9.09. The van der Waals surface area contributed by atoms with Crippen molar-refractivity contribution in [2.75, 3.05) is 26.2 Å². The number of rotatable bonds is 8. The zero-order valence-corrected chi connectivity index (χ0v) is 16.7. The van der Waals surface area contributed by atoms with Gasteiger partial charge < -0.3 is 16.0 Å². The van der Waals surface area contributed by atoms with E-state index in [4.69, 9.17) is 0 Å². The molecule has 162 valence electrons. The lowest BCUT2D eigenvalue weighted by Gasteiger charge is -2.32. The Morgan fingerprint density at radius 1 is 1.11 bits per heavy atom. The molecule has 2 fully saturated rings. The quantitative estimate of drug-likeness (QED) is 0.304. The van der Waals surface area contributed by atoms with Gasteiger partial charge in [0.25, 0.3) is 0 Å². The predicted molar refractivity (Wildman–Crippen MR) is 99.1 cm³/mol. The van der Waals surface area contributed by atoms with Crippen molar-refractivity contribution in [3.05, 3.63) is 0 Å². The van der Waals surface area contributed by atoms with E-state index < -0.39 is 15.5 Å². The lowest BCUT2D eigenvalue weighted by molar-refractivity contribution is -0.121. The molecule has 0 atom stereocenters. The highest BCUT2D eigenvalue weighted by molar-refractivity contribution is 7.90. The van der Waals surface area contributed by atoms with Crippen molar-refractivity contribution in [2.45, 2.75) is 63.0 Å². The molecule has 1 saturated carbocycles. The maximum atomic E-state index is 12.6. The summed E-state index contributed by atoms with van der Waals surface area (Å²) in [6.07, 6.45) is 3.58. The smallest absolute Gasteiger partial charge is 0.357 e. The van der Waals surface area contributed by atoms with Gasteiger partial charge in [0.1, 0.15) is 0 Å². The van der Waals surface area contributed by atoms with Crippen molar-refractivity contribution < 1.29 is 26.4 Å². The number of piperidine rings is 1. The Balaban J connectivity index is 1.76. The largest absolute Gasteiger partial charge is 0.511 e. The SMILES string of the molecule is CCNC(=NCCCC(=O)NC1CC1)NC1CCN(S(=O)(=O)C(F)(F)F)CC1. The van der Waals surface area contributed by atoms with Gasteiger partial charge in [-0.05, 0) is 39.0 Å². The zero-order valence-electron chi connectivity index (χ0n) is 15.9. The van der Waals surface area contributed by atoms with Crippen LogP contribution in [-0.2, 0) is 14.8 Å². The van der Waals surface area contributed by atoms with E-state index in [0.717, 1.165) is 12.8 Å². The Hall–Kier alpha value is -1.56. The molecule has 0 spiro atoms. The normalized spacial score (nSPS) is 20.1. The monoisotopic (exact) mass is 427 g/mol. The molecule has 0 radical (unpaired) electrons. The van der Waals surface area contributed by atoms with Crippen LogP contribution >= 0.6 is 0 Å². The van der Waals surface area contributed by atoms with E-state index >= 15 is 0 Å². The number of aliphatic imine (C=N–C) groups is 1. The lowest BCUT2D eigenvalue weighted by Crippen LogP contribution is -2.51.